The zero-order chi connectivity index (χ0) is 19.3. The minimum Gasteiger partial charge on any atom is -0.467 e. The Morgan fingerprint density at radius 2 is 1.75 bits per heavy atom. The van der Waals surface area contributed by atoms with E-state index in [1.807, 2.05) is 48.5 Å². The van der Waals surface area contributed by atoms with E-state index in [-0.39, 0.29) is 24.9 Å². The second-order valence-electron chi connectivity index (χ2n) is 6.93. The summed E-state index contributed by atoms with van der Waals surface area (Å²) in [5, 5.41) is 0. The fourth-order valence-corrected chi connectivity index (χ4v) is 3.37. The minimum absolute atomic E-state index is 0.0504. The molecule has 0 saturated carbocycles. The molecule has 0 spiro atoms. The Hall–Kier alpha value is -3.34. The Bertz CT molecular complexity index is 933. The normalized spacial score (nSPS) is 16.4. The van der Waals surface area contributed by atoms with E-state index in [1.165, 1.54) is 0 Å². The number of benzene rings is 2. The van der Waals surface area contributed by atoms with Gasteiger partial charge in [0, 0.05) is 13.0 Å². The summed E-state index contributed by atoms with van der Waals surface area (Å²) in [7, 11) is 0. The summed E-state index contributed by atoms with van der Waals surface area (Å²) in [5.41, 5.74) is 3.18. The van der Waals surface area contributed by atoms with E-state index in [4.69, 9.17) is 9.15 Å². The molecule has 28 heavy (non-hydrogen) atoms. The third-order valence-corrected chi connectivity index (χ3v) is 4.92. The van der Waals surface area contributed by atoms with Crippen molar-refractivity contribution >= 4 is 11.9 Å². The summed E-state index contributed by atoms with van der Waals surface area (Å²) < 4.78 is 10.7. The van der Waals surface area contributed by atoms with Gasteiger partial charge >= 0.3 is 5.97 Å². The monoisotopic (exact) mass is 375 g/mol. The SMILES string of the molecule is O=C(OCc1ccc(-c2ccccc2)cc1)[C@@H]1CC(=O)N(Cc2ccco2)C1. The van der Waals surface area contributed by atoms with Gasteiger partial charge in [-0.1, -0.05) is 54.6 Å². The van der Waals surface area contributed by atoms with Crippen molar-refractivity contribution in [1.29, 1.82) is 0 Å². The van der Waals surface area contributed by atoms with Crippen molar-refractivity contribution in [3.8, 4) is 11.1 Å². The van der Waals surface area contributed by atoms with Crippen LogP contribution in [0.2, 0.25) is 0 Å². The number of furan rings is 1. The van der Waals surface area contributed by atoms with Crippen molar-refractivity contribution in [1.82, 2.24) is 4.90 Å². The number of rotatable bonds is 6. The van der Waals surface area contributed by atoms with Gasteiger partial charge in [0.25, 0.3) is 0 Å². The Labute approximate surface area is 163 Å². The standard InChI is InChI=1S/C23H21NO4/c25-22-13-20(14-24(22)15-21-7-4-12-27-21)23(26)28-16-17-8-10-19(11-9-17)18-5-2-1-3-6-18/h1-12,20H,13-16H2/t20-/m1/s1. The van der Waals surface area contributed by atoms with Crippen LogP contribution >= 0.6 is 0 Å². The predicted molar refractivity (Wildman–Crippen MR) is 104 cm³/mol. The van der Waals surface area contributed by atoms with Gasteiger partial charge in [0.15, 0.2) is 0 Å². The lowest BCUT2D eigenvalue weighted by Crippen LogP contribution is -2.26. The topological polar surface area (TPSA) is 59.8 Å². The van der Waals surface area contributed by atoms with E-state index in [2.05, 4.69) is 12.1 Å². The molecule has 0 bridgehead atoms. The maximum absolute atomic E-state index is 12.4. The van der Waals surface area contributed by atoms with Gasteiger partial charge in [-0.05, 0) is 28.8 Å². The number of nitrogens with zero attached hydrogens (tertiary/aromatic N) is 1. The molecule has 1 atom stereocenters. The highest BCUT2D eigenvalue weighted by molar-refractivity contribution is 5.86. The predicted octanol–water partition coefficient (Wildman–Crippen LogP) is 4.04. The van der Waals surface area contributed by atoms with Crippen LogP contribution in [0.3, 0.4) is 0 Å². The molecule has 0 unspecified atom stereocenters. The first-order valence-corrected chi connectivity index (χ1v) is 9.30. The zero-order valence-electron chi connectivity index (χ0n) is 15.4. The third kappa shape index (κ3) is 4.14. The molecule has 2 aromatic carbocycles. The van der Waals surface area contributed by atoms with Crippen LogP contribution < -0.4 is 0 Å². The molecule has 0 N–H and O–H groups in total. The lowest BCUT2D eigenvalue weighted by Gasteiger charge is -2.14. The molecule has 1 fully saturated rings. The van der Waals surface area contributed by atoms with Crippen LogP contribution in [0, 0.1) is 5.92 Å². The average molecular weight is 375 g/mol. The van der Waals surface area contributed by atoms with E-state index in [9.17, 15) is 9.59 Å². The Morgan fingerprint density at radius 3 is 2.46 bits per heavy atom. The van der Waals surface area contributed by atoms with Gasteiger partial charge in [0.2, 0.25) is 5.91 Å². The molecule has 5 heteroatoms. The van der Waals surface area contributed by atoms with E-state index < -0.39 is 5.92 Å². The van der Waals surface area contributed by atoms with E-state index in [1.54, 1.807) is 17.2 Å². The van der Waals surface area contributed by atoms with E-state index in [0.717, 1.165) is 16.7 Å². The molecule has 2 heterocycles. The van der Waals surface area contributed by atoms with Gasteiger partial charge in [0.1, 0.15) is 12.4 Å². The van der Waals surface area contributed by atoms with Crippen molar-refractivity contribution in [2.75, 3.05) is 6.54 Å². The average Bonchev–Trinajstić information content (AvgIpc) is 3.38. The summed E-state index contributed by atoms with van der Waals surface area (Å²) in [4.78, 5) is 26.2. The fraction of sp³-hybridized carbons (Fsp3) is 0.217. The van der Waals surface area contributed by atoms with Crippen molar-refractivity contribution in [3.63, 3.8) is 0 Å². The first-order valence-electron chi connectivity index (χ1n) is 9.30. The molecule has 4 rings (SSSR count). The first-order chi connectivity index (χ1) is 13.7. The molecule has 1 amide bonds. The number of esters is 1. The van der Waals surface area contributed by atoms with Crippen LogP contribution in [0.25, 0.3) is 11.1 Å². The number of hydrogen-bond acceptors (Lipinski definition) is 4. The largest absolute Gasteiger partial charge is 0.467 e. The van der Waals surface area contributed by atoms with Crippen LogP contribution in [-0.4, -0.2) is 23.3 Å². The van der Waals surface area contributed by atoms with Gasteiger partial charge in [0.05, 0.1) is 18.7 Å². The van der Waals surface area contributed by atoms with E-state index in [0.29, 0.717) is 18.8 Å². The Morgan fingerprint density at radius 1 is 1.00 bits per heavy atom. The quantitative estimate of drug-likeness (QED) is 0.610. The summed E-state index contributed by atoms with van der Waals surface area (Å²) in [6.07, 6.45) is 1.76. The molecule has 1 aliphatic rings. The number of ether oxygens (including phenoxy) is 1. The maximum Gasteiger partial charge on any atom is 0.311 e. The van der Waals surface area contributed by atoms with Gasteiger partial charge in [-0.15, -0.1) is 0 Å². The van der Waals surface area contributed by atoms with Crippen molar-refractivity contribution in [2.45, 2.75) is 19.6 Å². The van der Waals surface area contributed by atoms with Crippen molar-refractivity contribution in [3.05, 3.63) is 84.3 Å². The van der Waals surface area contributed by atoms with Crippen LogP contribution in [-0.2, 0) is 27.5 Å². The number of carbonyl (C=O) groups is 2. The second kappa shape index (κ2) is 8.13. The van der Waals surface area contributed by atoms with Crippen LogP contribution in [0.15, 0.2) is 77.4 Å². The molecule has 0 radical (unpaired) electrons. The molecule has 1 aromatic heterocycles. The molecule has 142 valence electrons. The van der Waals surface area contributed by atoms with E-state index >= 15 is 0 Å². The third-order valence-electron chi connectivity index (χ3n) is 4.92. The number of likely N-dealkylation sites (tertiary alicyclic amines) is 1. The molecule has 3 aromatic rings. The summed E-state index contributed by atoms with van der Waals surface area (Å²) in [6, 6.07) is 21.7. The van der Waals surface area contributed by atoms with Crippen LogP contribution in [0.1, 0.15) is 17.7 Å². The van der Waals surface area contributed by atoms with Crippen LogP contribution in [0.4, 0.5) is 0 Å². The highest BCUT2D eigenvalue weighted by Gasteiger charge is 2.35. The molecule has 1 aliphatic heterocycles. The zero-order valence-corrected chi connectivity index (χ0v) is 15.4. The smallest absolute Gasteiger partial charge is 0.311 e. The maximum atomic E-state index is 12.4. The number of hydrogen-bond donors (Lipinski definition) is 0. The summed E-state index contributed by atoms with van der Waals surface area (Å²) in [6.45, 7) is 0.957. The Balaban J connectivity index is 1.30. The molecular weight excluding hydrogens is 354 g/mol. The second-order valence-corrected chi connectivity index (χ2v) is 6.93. The van der Waals surface area contributed by atoms with Gasteiger partial charge in [-0.25, -0.2) is 0 Å². The highest BCUT2D eigenvalue weighted by Crippen LogP contribution is 2.23. The molecule has 1 saturated heterocycles. The summed E-state index contributed by atoms with van der Waals surface area (Å²) >= 11 is 0. The first kappa shape index (κ1) is 18.0. The molecule has 5 nitrogen and oxygen atoms in total. The number of carbonyl (C=O) groups excluding carboxylic acids is 2. The lowest BCUT2D eigenvalue weighted by molar-refractivity contribution is -0.149. The highest BCUT2D eigenvalue weighted by atomic mass is 16.5. The lowest BCUT2D eigenvalue weighted by atomic mass is 10.0. The van der Waals surface area contributed by atoms with Gasteiger partial charge in [-0.2, -0.15) is 0 Å². The Kier molecular flexibility index (Phi) is 5.24. The molecular formula is C23H21NO4. The van der Waals surface area contributed by atoms with Gasteiger partial charge < -0.3 is 14.1 Å². The van der Waals surface area contributed by atoms with Crippen molar-refractivity contribution in [2.24, 2.45) is 5.92 Å². The molecule has 0 aliphatic carbocycles. The summed E-state index contributed by atoms with van der Waals surface area (Å²) in [5.74, 6) is -0.0973. The fourth-order valence-electron chi connectivity index (χ4n) is 3.37. The minimum atomic E-state index is -0.425. The van der Waals surface area contributed by atoms with Crippen LogP contribution in [0.5, 0.6) is 0 Å². The number of amides is 1. The van der Waals surface area contributed by atoms with Gasteiger partial charge in [-0.3, -0.25) is 9.59 Å². The van der Waals surface area contributed by atoms with Crippen molar-refractivity contribution < 1.29 is 18.7 Å².